The molecule has 0 radical (unpaired) electrons. The lowest BCUT2D eigenvalue weighted by atomic mass is 9.99. The maximum absolute atomic E-state index is 6.08. The summed E-state index contributed by atoms with van der Waals surface area (Å²) in [7, 11) is 1.68. The molecule has 1 aliphatic heterocycles. The Kier molecular flexibility index (Phi) is 9.90. The van der Waals surface area contributed by atoms with Gasteiger partial charge in [-0.05, 0) is 42.5 Å². The fraction of sp³-hybridized carbons (Fsp3) is 0.435. The number of ether oxygens (including phenoxy) is 1. The molecule has 3 rings (SSSR count). The number of para-hydroxylation sites is 1. The van der Waals surface area contributed by atoms with E-state index in [0.717, 1.165) is 29.3 Å². The Labute approximate surface area is 191 Å². The van der Waals surface area contributed by atoms with E-state index in [-0.39, 0.29) is 24.0 Å². The van der Waals surface area contributed by atoms with Crippen LogP contribution in [0.4, 0.5) is 5.69 Å². The van der Waals surface area contributed by atoms with E-state index in [4.69, 9.17) is 10.5 Å². The van der Waals surface area contributed by atoms with Crippen molar-refractivity contribution in [3.63, 3.8) is 0 Å². The SMILES string of the molecule is COCc1ccccc1NC(N)=NCc1ccc(CN2CCCC(C)C2)cc1.I. The number of methoxy groups -OCH3 is 1. The fourth-order valence-corrected chi connectivity index (χ4v) is 3.72. The van der Waals surface area contributed by atoms with Gasteiger partial charge in [0.15, 0.2) is 5.96 Å². The molecule has 29 heavy (non-hydrogen) atoms. The van der Waals surface area contributed by atoms with Crippen molar-refractivity contribution in [2.45, 2.75) is 39.5 Å². The summed E-state index contributed by atoms with van der Waals surface area (Å²) in [6, 6.07) is 16.7. The van der Waals surface area contributed by atoms with Crippen molar-refractivity contribution >= 4 is 35.6 Å². The molecule has 6 heteroatoms. The normalized spacial score (nSPS) is 17.6. The number of nitrogens with one attached hydrogen (secondary N) is 1. The zero-order valence-corrected chi connectivity index (χ0v) is 19.8. The van der Waals surface area contributed by atoms with E-state index in [2.05, 4.69) is 46.4 Å². The third-order valence-electron chi connectivity index (χ3n) is 5.18. The van der Waals surface area contributed by atoms with Crippen LogP contribution >= 0.6 is 24.0 Å². The second kappa shape index (κ2) is 12.1. The van der Waals surface area contributed by atoms with Crippen LogP contribution in [0.15, 0.2) is 53.5 Å². The maximum Gasteiger partial charge on any atom is 0.193 e. The quantitative estimate of drug-likeness (QED) is 0.326. The largest absolute Gasteiger partial charge is 0.380 e. The first-order valence-corrected chi connectivity index (χ1v) is 10.1. The molecule has 0 saturated carbocycles. The highest BCUT2D eigenvalue weighted by Gasteiger charge is 2.16. The Balaban J connectivity index is 0.00000300. The summed E-state index contributed by atoms with van der Waals surface area (Å²) >= 11 is 0. The molecular weight excluding hydrogens is 475 g/mol. The van der Waals surface area contributed by atoms with Gasteiger partial charge in [-0.2, -0.15) is 0 Å². The van der Waals surface area contributed by atoms with Gasteiger partial charge >= 0.3 is 0 Å². The molecule has 1 unspecified atom stereocenters. The maximum atomic E-state index is 6.08. The number of guanidine groups is 1. The first kappa shape index (κ1) is 23.6. The van der Waals surface area contributed by atoms with Crippen LogP contribution in [0.5, 0.6) is 0 Å². The molecule has 2 aromatic rings. The molecule has 158 valence electrons. The van der Waals surface area contributed by atoms with Crippen LogP contribution in [0.1, 0.15) is 36.5 Å². The van der Waals surface area contributed by atoms with Crippen molar-refractivity contribution in [2.24, 2.45) is 16.6 Å². The molecule has 1 fully saturated rings. The average Bonchev–Trinajstić information content (AvgIpc) is 2.69. The third kappa shape index (κ3) is 7.60. The molecule has 0 aliphatic carbocycles. The number of hydrogen-bond donors (Lipinski definition) is 2. The van der Waals surface area contributed by atoms with E-state index in [9.17, 15) is 0 Å². The minimum atomic E-state index is 0. The second-order valence-corrected chi connectivity index (χ2v) is 7.72. The Morgan fingerprint density at radius 2 is 1.90 bits per heavy atom. The molecule has 0 amide bonds. The minimum Gasteiger partial charge on any atom is -0.380 e. The summed E-state index contributed by atoms with van der Waals surface area (Å²) in [6.45, 7) is 6.90. The summed E-state index contributed by atoms with van der Waals surface area (Å²) < 4.78 is 5.23. The predicted molar refractivity (Wildman–Crippen MR) is 132 cm³/mol. The standard InChI is InChI=1S/C23H32N4O.HI/c1-18-6-5-13-27(15-18)16-20-11-9-19(10-12-20)14-25-23(24)26-22-8-4-3-7-21(22)17-28-2;/h3-4,7-12,18H,5-6,13-17H2,1-2H3,(H3,24,25,26);1H. The number of anilines is 1. The monoisotopic (exact) mass is 508 g/mol. The van der Waals surface area contributed by atoms with Crippen molar-refractivity contribution in [3.8, 4) is 0 Å². The fourth-order valence-electron chi connectivity index (χ4n) is 3.72. The number of rotatable bonds is 7. The number of aliphatic imine (C=N–C) groups is 1. The third-order valence-corrected chi connectivity index (χ3v) is 5.18. The van der Waals surface area contributed by atoms with Crippen LogP contribution in [0.25, 0.3) is 0 Å². The molecule has 1 saturated heterocycles. The van der Waals surface area contributed by atoms with Gasteiger partial charge in [0, 0.05) is 31.5 Å². The van der Waals surface area contributed by atoms with Crippen molar-refractivity contribution in [1.82, 2.24) is 4.90 Å². The number of benzene rings is 2. The second-order valence-electron chi connectivity index (χ2n) is 7.72. The van der Waals surface area contributed by atoms with E-state index >= 15 is 0 Å². The Bertz CT molecular complexity index is 779. The summed E-state index contributed by atoms with van der Waals surface area (Å²) in [5.41, 5.74) is 10.6. The van der Waals surface area contributed by atoms with E-state index in [1.54, 1.807) is 7.11 Å². The molecule has 1 heterocycles. The summed E-state index contributed by atoms with van der Waals surface area (Å²) in [5, 5.41) is 3.18. The van der Waals surface area contributed by atoms with E-state index in [0.29, 0.717) is 19.1 Å². The zero-order valence-electron chi connectivity index (χ0n) is 17.4. The average molecular weight is 508 g/mol. The molecule has 5 nitrogen and oxygen atoms in total. The van der Waals surface area contributed by atoms with Crippen LogP contribution in [0.2, 0.25) is 0 Å². The topological polar surface area (TPSA) is 62.9 Å². The molecule has 3 N–H and O–H groups in total. The van der Waals surface area contributed by atoms with Gasteiger partial charge in [0.2, 0.25) is 0 Å². The first-order chi connectivity index (χ1) is 13.6. The van der Waals surface area contributed by atoms with Crippen LogP contribution in [0, 0.1) is 5.92 Å². The van der Waals surface area contributed by atoms with Crippen molar-refractivity contribution in [3.05, 3.63) is 65.2 Å². The smallest absolute Gasteiger partial charge is 0.193 e. The molecule has 1 aliphatic rings. The molecule has 1 atom stereocenters. The van der Waals surface area contributed by atoms with Gasteiger partial charge < -0.3 is 15.8 Å². The molecule has 0 bridgehead atoms. The van der Waals surface area contributed by atoms with Gasteiger partial charge in [0.05, 0.1) is 13.2 Å². The van der Waals surface area contributed by atoms with E-state index in [1.165, 1.54) is 31.5 Å². The molecule has 2 aromatic carbocycles. The van der Waals surface area contributed by atoms with Gasteiger partial charge in [-0.3, -0.25) is 4.90 Å². The highest BCUT2D eigenvalue weighted by atomic mass is 127. The van der Waals surface area contributed by atoms with Crippen LogP contribution in [-0.2, 0) is 24.4 Å². The summed E-state index contributed by atoms with van der Waals surface area (Å²) in [4.78, 5) is 7.03. The number of nitrogens with zero attached hydrogens (tertiary/aromatic N) is 2. The number of nitrogens with two attached hydrogens (primary N) is 1. The first-order valence-electron chi connectivity index (χ1n) is 10.1. The Morgan fingerprint density at radius 1 is 1.17 bits per heavy atom. The lowest BCUT2D eigenvalue weighted by Gasteiger charge is -2.30. The van der Waals surface area contributed by atoms with E-state index in [1.807, 2.05) is 24.3 Å². The van der Waals surface area contributed by atoms with Crippen LogP contribution in [-0.4, -0.2) is 31.1 Å². The molecular formula is C23H33IN4O. The number of likely N-dealkylation sites (tertiary alicyclic amines) is 1. The van der Waals surface area contributed by atoms with Gasteiger partial charge in [-0.1, -0.05) is 49.4 Å². The number of piperidine rings is 1. The Hall–Kier alpha value is -1.64. The Morgan fingerprint density at radius 3 is 2.62 bits per heavy atom. The van der Waals surface area contributed by atoms with Crippen molar-refractivity contribution in [2.75, 3.05) is 25.5 Å². The minimum absolute atomic E-state index is 0. The number of hydrogen-bond acceptors (Lipinski definition) is 3. The lowest BCUT2D eigenvalue weighted by molar-refractivity contribution is 0.176. The zero-order chi connectivity index (χ0) is 19.8. The predicted octanol–water partition coefficient (Wildman–Crippen LogP) is 4.61. The van der Waals surface area contributed by atoms with Crippen LogP contribution in [0.3, 0.4) is 0 Å². The van der Waals surface area contributed by atoms with Gasteiger partial charge in [0.25, 0.3) is 0 Å². The van der Waals surface area contributed by atoms with Crippen molar-refractivity contribution in [1.29, 1.82) is 0 Å². The molecule has 0 aromatic heterocycles. The lowest BCUT2D eigenvalue weighted by Crippen LogP contribution is -2.33. The van der Waals surface area contributed by atoms with Gasteiger partial charge in [-0.15, -0.1) is 24.0 Å². The van der Waals surface area contributed by atoms with Crippen LogP contribution < -0.4 is 11.1 Å². The highest BCUT2D eigenvalue weighted by Crippen LogP contribution is 2.18. The van der Waals surface area contributed by atoms with Gasteiger partial charge in [-0.25, -0.2) is 4.99 Å². The summed E-state index contributed by atoms with van der Waals surface area (Å²) in [6.07, 6.45) is 2.67. The number of halogens is 1. The summed E-state index contributed by atoms with van der Waals surface area (Å²) in [5.74, 6) is 1.22. The van der Waals surface area contributed by atoms with E-state index < -0.39 is 0 Å². The van der Waals surface area contributed by atoms with Gasteiger partial charge in [0.1, 0.15) is 0 Å². The molecule has 0 spiro atoms. The highest BCUT2D eigenvalue weighted by molar-refractivity contribution is 14.0. The van der Waals surface area contributed by atoms with Crippen molar-refractivity contribution < 1.29 is 4.74 Å².